The van der Waals surface area contributed by atoms with Crippen molar-refractivity contribution in [2.45, 2.75) is 18.9 Å². The summed E-state index contributed by atoms with van der Waals surface area (Å²) >= 11 is 2.26. The number of carbonyl (C=O) groups is 1. The van der Waals surface area contributed by atoms with E-state index < -0.39 is 0 Å². The van der Waals surface area contributed by atoms with E-state index in [2.05, 4.69) is 39.4 Å². The molecule has 0 aliphatic carbocycles. The fraction of sp³-hybridized carbons (Fsp3) is 0.611. The van der Waals surface area contributed by atoms with Gasteiger partial charge < -0.3 is 14.5 Å². The summed E-state index contributed by atoms with van der Waals surface area (Å²) in [6.45, 7) is 6.09. The molecule has 0 radical (unpaired) electrons. The van der Waals surface area contributed by atoms with Crippen molar-refractivity contribution in [1.29, 1.82) is 0 Å². The molecule has 2 saturated heterocycles. The van der Waals surface area contributed by atoms with Gasteiger partial charge in [-0.2, -0.15) is 0 Å². The topological polar surface area (TPSA) is 36.0 Å². The summed E-state index contributed by atoms with van der Waals surface area (Å²) in [5, 5.41) is 0. The van der Waals surface area contributed by atoms with E-state index in [0.29, 0.717) is 6.04 Å². The van der Waals surface area contributed by atoms with Crippen LogP contribution in [0.25, 0.3) is 0 Å². The molecule has 2 heterocycles. The molecule has 0 N–H and O–H groups in total. The predicted molar refractivity (Wildman–Crippen MR) is 103 cm³/mol. The number of piperidine rings is 1. The summed E-state index contributed by atoms with van der Waals surface area (Å²) in [4.78, 5) is 19.3. The molecule has 1 amide bonds. The molecule has 0 aromatic heterocycles. The Morgan fingerprint density at radius 3 is 2.54 bits per heavy atom. The van der Waals surface area contributed by atoms with Crippen LogP contribution in [0.15, 0.2) is 24.3 Å². The van der Waals surface area contributed by atoms with Crippen LogP contribution in [0.4, 0.5) is 0 Å². The molecule has 0 spiro atoms. The van der Waals surface area contributed by atoms with Crippen molar-refractivity contribution in [3.05, 3.63) is 27.8 Å². The van der Waals surface area contributed by atoms with Gasteiger partial charge in [0.05, 0.1) is 0 Å². The summed E-state index contributed by atoms with van der Waals surface area (Å²) in [5.74, 6) is 0.849. The van der Waals surface area contributed by atoms with Gasteiger partial charge in [0.15, 0.2) is 6.61 Å². The third-order valence-corrected chi connectivity index (χ3v) is 5.68. The van der Waals surface area contributed by atoms with Gasteiger partial charge in [-0.15, -0.1) is 0 Å². The minimum atomic E-state index is 0.0916. The van der Waals surface area contributed by atoms with Crippen LogP contribution >= 0.6 is 22.6 Å². The number of rotatable bonds is 4. The van der Waals surface area contributed by atoms with Crippen molar-refractivity contribution in [2.24, 2.45) is 0 Å². The standard InChI is InChI=1S/C18H26IN3O2/c1-20-8-2-3-16(13-20)21-9-11-22(12-10-21)18(23)14-24-17-6-4-15(19)5-7-17/h4-7,16H,2-3,8-14H2,1H3. The third kappa shape index (κ3) is 4.83. The first-order valence-electron chi connectivity index (χ1n) is 8.70. The number of hydrogen-bond donors (Lipinski definition) is 0. The van der Waals surface area contributed by atoms with E-state index in [1.807, 2.05) is 29.2 Å². The molecule has 3 rings (SSSR count). The lowest BCUT2D eigenvalue weighted by Gasteiger charge is -2.42. The number of likely N-dealkylation sites (N-methyl/N-ethyl adjacent to an activating group) is 1. The van der Waals surface area contributed by atoms with Crippen molar-refractivity contribution in [2.75, 3.05) is 52.9 Å². The highest BCUT2D eigenvalue weighted by Gasteiger charge is 2.28. The Kier molecular flexibility index (Phi) is 6.35. The van der Waals surface area contributed by atoms with Gasteiger partial charge in [0.2, 0.25) is 0 Å². The molecule has 0 bridgehead atoms. The van der Waals surface area contributed by atoms with E-state index in [0.717, 1.165) is 42.0 Å². The minimum Gasteiger partial charge on any atom is -0.484 e. The van der Waals surface area contributed by atoms with Crippen LogP contribution in [0.3, 0.4) is 0 Å². The maximum Gasteiger partial charge on any atom is 0.260 e. The average molecular weight is 443 g/mol. The quantitative estimate of drug-likeness (QED) is 0.667. The zero-order valence-electron chi connectivity index (χ0n) is 14.3. The average Bonchev–Trinajstić information content (AvgIpc) is 2.61. The Morgan fingerprint density at radius 1 is 1.17 bits per heavy atom. The van der Waals surface area contributed by atoms with E-state index in [1.54, 1.807) is 0 Å². The van der Waals surface area contributed by atoms with Crippen molar-refractivity contribution < 1.29 is 9.53 Å². The maximum absolute atomic E-state index is 12.3. The highest BCUT2D eigenvalue weighted by Crippen LogP contribution is 2.17. The second-order valence-corrected chi connectivity index (χ2v) is 7.96. The predicted octanol–water partition coefficient (Wildman–Crippen LogP) is 1.91. The zero-order chi connectivity index (χ0) is 16.9. The number of ether oxygens (including phenoxy) is 1. The van der Waals surface area contributed by atoms with E-state index in [1.165, 1.54) is 19.4 Å². The first-order valence-corrected chi connectivity index (χ1v) is 9.78. The van der Waals surface area contributed by atoms with Crippen molar-refractivity contribution in [3.8, 4) is 5.75 Å². The van der Waals surface area contributed by atoms with Crippen LogP contribution in [-0.4, -0.2) is 79.6 Å². The van der Waals surface area contributed by atoms with Crippen molar-refractivity contribution in [1.82, 2.24) is 14.7 Å². The molecule has 132 valence electrons. The Bertz CT molecular complexity index is 544. The second-order valence-electron chi connectivity index (χ2n) is 6.72. The van der Waals surface area contributed by atoms with E-state index in [-0.39, 0.29) is 12.5 Å². The fourth-order valence-corrected chi connectivity index (χ4v) is 3.90. The molecule has 1 unspecified atom stereocenters. The molecule has 6 heteroatoms. The SMILES string of the molecule is CN1CCCC(N2CCN(C(=O)COc3ccc(I)cc3)CC2)C1. The van der Waals surface area contributed by atoms with Gasteiger partial charge in [-0.25, -0.2) is 0 Å². The van der Waals surface area contributed by atoms with Gasteiger partial charge in [-0.1, -0.05) is 0 Å². The van der Waals surface area contributed by atoms with Crippen molar-refractivity contribution in [3.63, 3.8) is 0 Å². The van der Waals surface area contributed by atoms with Crippen LogP contribution in [0.2, 0.25) is 0 Å². The summed E-state index contributed by atoms with van der Waals surface area (Å²) in [6, 6.07) is 8.45. The lowest BCUT2D eigenvalue weighted by atomic mass is 10.0. The zero-order valence-corrected chi connectivity index (χ0v) is 16.4. The van der Waals surface area contributed by atoms with Crippen LogP contribution in [0, 0.1) is 3.57 Å². The molecular formula is C18H26IN3O2. The van der Waals surface area contributed by atoms with Gasteiger partial charge in [0.25, 0.3) is 5.91 Å². The number of carbonyl (C=O) groups excluding carboxylic acids is 1. The lowest BCUT2D eigenvalue weighted by molar-refractivity contribution is -0.135. The van der Waals surface area contributed by atoms with Crippen LogP contribution in [0.5, 0.6) is 5.75 Å². The normalized spacial score (nSPS) is 23.2. The lowest BCUT2D eigenvalue weighted by Crippen LogP contribution is -2.56. The maximum atomic E-state index is 12.3. The van der Waals surface area contributed by atoms with Crippen LogP contribution in [-0.2, 0) is 4.79 Å². The van der Waals surface area contributed by atoms with Gasteiger partial charge in [0.1, 0.15) is 5.75 Å². The highest BCUT2D eigenvalue weighted by atomic mass is 127. The Labute approximate surface area is 158 Å². The number of amides is 1. The molecule has 1 aromatic carbocycles. The number of benzene rings is 1. The minimum absolute atomic E-state index is 0.0916. The summed E-state index contributed by atoms with van der Waals surface area (Å²) in [6.07, 6.45) is 2.57. The fourth-order valence-electron chi connectivity index (χ4n) is 3.54. The van der Waals surface area contributed by atoms with Gasteiger partial charge >= 0.3 is 0 Å². The van der Waals surface area contributed by atoms with E-state index in [4.69, 9.17) is 4.74 Å². The summed E-state index contributed by atoms with van der Waals surface area (Å²) < 4.78 is 6.78. The first-order chi connectivity index (χ1) is 11.6. The highest BCUT2D eigenvalue weighted by molar-refractivity contribution is 14.1. The Hall–Kier alpha value is -0.860. The Morgan fingerprint density at radius 2 is 1.88 bits per heavy atom. The molecule has 24 heavy (non-hydrogen) atoms. The van der Waals surface area contributed by atoms with Crippen LogP contribution < -0.4 is 4.74 Å². The second kappa shape index (κ2) is 8.49. The molecule has 2 fully saturated rings. The molecule has 2 aliphatic rings. The molecule has 5 nitrogen and oxygen atoms in total. The molecule has 1 aromatic rings. The molecule has 0 saturated carbocycles. The monoisotopic (exact) mass is 443 g/mol. The van der Waals surface area contributed by atoms with Crippen molar-refractivity contribution >= 4 is 28.5 Å². The Balaban J connectivity index is 1.42. The molecular weight excluding hydrogens is 417 g/mol. The number of hydrogen-bond acceptors (Lipinski definition) is 4. The van der Waals surface area contributed by atoms with Gasteiger partial charge in [0, 0.05) is 42.3 Å². The molecule has 2 aliphatic heterocycles. The smallest absolute Gasteiger partial charge is 0.260 e. The summed E-state index contributed by atoms with van der Waals surface area (Å²) in [7, 11) is 2.20. The van der Waals surface area contributed by atoms with E-state index >= 15 is 0 Å². The number of likely N-dealkylation sites (tertiary alicyclic amines) is 1. The number of nitrogens with zero attached hydrogens (tertiary/aromatic N) is 3. The molecule has 1 atom stereocenters. The van der Waals surface area contributed by atoms with Crippen LogP contribution in [0.1, 0.15) is 12.8 Å². The first kappa shape index (κ1) is 17.9. The van der Waals surface area contributed by atoms with E-state index in [9.17, 15) is 4.79 Å². The number of piperazine rings is 1. The summed E-state index contributed by atoms with van der Waals surface area (Å²) in [5.41, 5.74) is 0. The largest absolute Gasteiger partial charge is 0.484 e. The number of halogens is 1. The van der Waals surface area contributed by atoms with Gasteiger partial charge in [-0.05, 0) is 73.3 Å². The van der Waals surface area contributed by atoms with Gasteiger partial charge in [-0.3, -0.25) is 9.69 Å². The third-order valence-electron chi connectivity index (χ3n) is 4.96.